The predicted molar refractivity (Wildman–Crippen MR) is 97.0 cm³/mol. The maximum Gasteiger partial charge on any atom is 0.418 e. The molecule has 2 amide bonds. The van der Waals surface area contributed by atoms with E-state index in [1.807, 2.05) is 0 Å². The van der Waals surface area contributed by atoms with Crippen molar-refractivity contribution in [3.8, 4) is 0 Å². The van der Waals surface area contributed by atoms with Crippen molar-refractivity contribution >= 4 is 23.7 Å². The van der Waals surface area contributed by atoms with E-state index in [0.29, 0.717) is 19.4 Å². The predicted octanol–water partition coefficient (Wildman–Crippen LogP) is 3.59. The van der Waals surface area contributed by atoms with Crippen LogP contribution in [0, 0.1) is 0 Å². The summed E-state index contributed by atoms with van der Waals surface area (Å²) in [7, 11) is 0. The summed E-state index contributed by atoms with van der Waals surface area (Å²) in [5.74, 6) is -1.73. The minimum absolute atomic E-state index is 0.305. The summed E-state index contributed by atoms with van der Waals surface area (Å²) in [6.07, 6.45) is -4.40. The topological polar surface area (TPSA) is 84.9 Å². The molecule has 10 heteroatoms. The molecule has 0 unspecified atom stereocenters. The van der Waals surface area contributed by atoms with Crippen LogP contribution >= 0.6 is 0 Å². The molecule has 1 aromatic carbocycles. The second-order valence-electron chi connectivity index (χ2n) is 7.53. The molecule has 0 radical (unpaired) electrons. The second kappa shape index (κ2) is 8.71. The molecule has 7 nitrogen and oxygen atoms in total. The highest BCUT2D eigenvalue weighted by molar-refractivity contribution is 5.94. The lowest BCUT2D eigenvalue weighted by atomic mass is 10.1. The number of alkyl halides is 3. The van der Waals surface area contributed by atoms with Crippen molar-refractivity contribution in [2.45, 2.75) is 51.4 Å². The van der Waals surface area contributed by atoms with Crippen molar-refractivity contribution in [3.05, 3.63) is 29.8 Å². The fourth-order valence-corrected chi connectivity index (χ4v) is 2.81. The van der Waals surface area contributed by atoms with E-state index in [1.54, 1.807) is 20.8 Å². The van der Waals surface area contributed by atoms with Gasteiger partial charge in [-0.25, -0.2) is 9.59 Å². The van der Waals surface area contributed by atoms with Gasteiger partial charge in [-0.1, -0.05) is 12.1 Å². The van der Waals surface area contributed by atoms with Gasteiger partial charge in [0, 0.05) is 6.54 Å². The van der Waals surface area contributed by atoms with Gasteiger partial charge in [0.1, 0.15) is 11.6 Å². The molecule has 1 atom stereocenters. The lowest BCUT2D eigenvalue weighted by Crippen LogP contribution is -2.44. The number of amides is 2. The molecule has 1 aliphatic rings. The fourth-order valence-electron chi connectivity index (χ4n) is 2.81. The van der Waals surface area contributed by atoms with E-state index < -0.39 is 53.6 Å². The summed E-state index contributed by atoms with van der Waals surface area (Å²) in [5.41, 5.74) is -2.18. The van der Waals surface area contributed by atoms with Crippen LogP contribution in [0.2, 0.25) is 0 Å². The van der Waals surface area contributed by atoms with Gasteiger partial charge in [-0.05, 0) is 45.7 Å². The first-order valence-electron chi connectivity index (χ1n) is 9.01. The number of carbonyl (C=O) groups is 3. The first-order chi connectivity index (χ1) is 13.4. The SMILES string of the molecule is CC(C)(C)OC(=O)N1CCC[C@H]1C(=O)OCC(=O)Nc1ccccc1C(F)(F)F. The zero-order chi connectivity index (χ0) is 21.8. The van der Waals surface area contributed by atoms with E-state index in [-0.39, 0.29) is 0 Å². The molecule has 0 aromatic heterocycles. The number of anilines is 1. The number of nitrogens with one attached hydrogen (secondary N) is 1. The molecule has 0 aliphatic carbocycles. The van der Waals surface area contributed by atoms with Crippen molar-refractivity contribution in [2.24, 2.45) is 0 Å². The number of para-hydroxylation sites is 1. The Kier molecular flexibility index (Phi) is 6.76. The van der Waals surface area contributed by atoms with Gasteiger partial charge in [-0.2, -0.15) is 13.2 Å². The number of nitrogens with zero attached hydrogens (tertiary/aromatic N) is 1. The molecular weight excluding hydrogens is 393 g/mol. The highest BCUT2D eigenvalue weighted by atomic mass is 19.4. The minimum Gasteiger partial charge on any atom is -0.454 e. The Labute approximate surface area is 166 Å². The monoisotopic (exact) mass is 416 g/mol. The van der Waals surface area contributed by atoms with Gasteiger partial charge in [-0.15, -0.1) is 0 Å². The number of ether oxygens (including phenoxy) is 2. The molecule has 1 saturated heterocycles. The van der Waals surface area contributed by atoms with Crippen molar-refractivity contribution in [1.29, 1.82) is 0 Å². The first-order valence-corrected chi connectivity index (χ1v) is 9.01. The van der Waals surface area contributed by atoms with E-state index in [1.165, 1.54) is 17.0 Å². The molecule has 1 aromatic rings. The summed E-state index contributed by atoms with van der Waals surface area (Å²) in [6, 6.07) is 3.57. The van der Waals surface area contributed by atoms with Gasteiger partial charge < -0.3 is 14.8 Å². The molecule has 2 rings (SSSR count). The molecule has 1 N–H and O–H groups in total. The average Bonchev–Trinajstić information content (AvgIpc) is 3.08. The Morgan fingerprint density at radius 1 is 1.17 bits per heavy atom. The van der Waals surface area contributed by atoms with Crippen LogP contribution in [0.25, 0.3) is 0 Å². The van der Waals surface area contributed by atoms with Crippen molar-refractivity contribution in [3.63, 3.8) is 0 Å². The highest BCUT2D eigenvalue weighted by Crippen LogP contribution is 2.34. The average molecular weight is 416 g/mol. The quantitative estimate of drug-likeness (QED) is 0.759. The second-order valence-corrected chi connectivity index (χ2v) is 7.53. The van der Waals surface area contributed by atoms with Crippen molar-refractivity contribution < 1.29 is 37.0 Å². The zero-order valence-electron chi connectivity index (χ0n) is 16.3. The first kappa shape index (κ1) is 22.5. The van der Waals surface area contributed by atoms with Gasteiger partial charge in [0.15, 0.2) is 6.61 Å². The third kappa shape index (κ3) is 6.37. The van der Waals surface area contributed by atoms with Crippen LogP contribution in [-0.2, 0) is 25.2 Å². The van der Waals surface area contributed by atoms with E-state index in [2.05, 4.69) is 5.32 Å². The van der Waals surface area contributed by atoms with Crippen molar-refractivity contribution in [2.75, 3.05) is 18.5 Å². The number of halogens is 3. The van der Waals surface area contributed by atoms with Crippen LogP contribution in [0.15, 0.2) is 24.3 Å². The van der Waals surface area contributed by atoms with Gasteiger partial charge in [0.2, 0.25) is 0 Å². The summed E-state index contributed by atoms with van der Waals surface area (Å²) in [5, 5.41) is 2.09. The molecular formula is C19H23F3N2O5. The number of esters is 1. The van der Waals surface area contributed by atoms with Crippen LogP contribution in [0.5, 0.6) is 0 Å². The number of hydrogen-bond acceptors (Lipinski definition) is 5. The normalized spacial score (nSPS) is 17.0. The van der Waals surface area contributed by atoms with Gasteiger partial charge in [0.25, 0.3) is 5.91 Å². The Hall–Kier alpha value is -2.78. The number of likely N-dealkylation sites (tertiary alicyclic amines) is 1. The summed E-state index contributed by atoms with van der Waals surface area (Å²) < 4.78 is 49.1. The maximum atomic E-state index is 13.0. The lowest BCUT2D eigenvalue weighted by Gasteiger charge is -2.27. The standard InChI is InChI=1S/C19H23F3N2O5/c1-18(2,3)29-17(27)24-10-6-9-14(24)16(26)28-11-15(25)23-13-8-5-4-7-12(13)19(20,21)22/h4-5,7-8,14H,6,9-11H2,1-3H3,(H,23,25)/t14-/m0/s1. The third-order valence-electron chi connectivity index (χ3n) is 4.00. The molecule has 0 saturated carbocycles. The van der Waals surface area contributed by atoms with E-state index in [0.717, 1.165) is 12.1 Å². The van der Waals surface area contributed by atoms with Crippen LogP contribution in [0.1, 0.15) is 39.2 Å². The van der Waals surface area contributed by atoms with Crippen LogP contribution in [-0.4, -0.2) is 47.7 Å². The summed E-state index contributed by atoms with van der Waals surface area (Å²) in [4.78, 5) is 37.7. The van der Waals surface area contributed by atoms with Crippen molar-refractivity contribution in [1.82, 2.24) is 4.90 Å². The Bertz CT molecular complexity index is 774. The molecule has 1 fully saturated rings. The third-order valence-corrected chi connectivity index (χ3v) is 4.00. The zero-order valence-corrected chi connectivity index (χ0v) is 16.3. The van der Waals surface area contributed by atoms with Gasteiger partial charge in [0.05, 0.1) is 11.3 Å². The summed E-state index contributed by atoms with van der Waals surface area (Å²) >= 11 is 0. The molecule has 29 heavy (non-hydrogen) atoms. The molecule has 1 heterocycles. The van der Waals surface area contributed by atoms with E-state index in [4.69, 9.17) is 9.47 Å². The molecule has 0 spiro atoms. The number of rotatable bonds is 4. The van der Waals surface area contributed by atoms with E-state index in [9.17, 15) is 27.6 Å². The maximum absolute atomic E-state index is 13.0. The number of benzene rings is 1. The number of carbonyl (C=O) groups excluding carboxylic acids is 3. The molecule has 160 valence electrons. The van der Waals surface area contributed by atoms with Gasteiger partial charge >= 0.3 is 18.2 Å². The Morgan fingerprint density at radius 3 is 2.45 bits per heavy atom. The number of hydrogen-bond donors (Lipinski definition) is 1. The Balaban J connectivity index is 1.94. The summed E-state index contributed by atoms with van der Waals surface area (Å²) in [6.45, 7) is 4.61. The van der Waals surface area contributed by atoms with Crippen LogP contribution < -0.4 is 5.32 Å². The largest absolute Gasteiger partial charge is 0.454 e. The lowest BCUT2D eigenvalue weighted by molar-refractivity contribution is -0.151. The minimum atomic E-state index is -4.64. The van der Waals surface area contributed by atoms with E-state index >= 15 is 0 Å². The van der Waals surface area contributed by atoms with Crippen LogP contribution in [0.4, 0.5) is 23.7 Å². The Morgan fingerprint density at radius 2 is 1.83 bits per heavy atom. The molecule has 1 aliphatic heterocycles. The highest BCUT2D eigenvalue weighted by Gasteiger charge is 2.38. The molecule has 0 bridgehead atoms. The van der Waals surface area contributed by atoms with Gasteiger partial charge in [-0.3, -0.25) is 9.69 Å². The smallest absolute Gasteiger partial charge is 0.418 e. The fraction of sp³-hybridized carbons (Fsp3) is 0.526. The van der Waals surface area contributed by atoms with Crippen LogP contribution in [0.3, 0.4) is 0 Å².